The van der Waals surface area contributed by atoms with Crippen LogP contribution in [-0.4, -0.2) is 14.8 Å². The van der Waals surface area contributed by atoms with Crippen LogP contribution in [0, 0.1) is 0 Å². The molecule has 0 bridgehead atoms. The zero-order chi connectivity index (χ0) is 56.2. The topological polar surface area (TPSA) is 19.6 Å². The molecule has 0 radical (unpaired) electrons. The van der Waals surface area contributed by atoms with Crippen LogP contribution in [0.4, 0.5) is 34.3 Å². The third-order valence-corrected chi connectivity index (χ3v) is 22.8. The molecule has 6 aromatic carbocycles. The monoisotopic (exact) mass is 1050 g/mol. The zero-order valence-electron chi connectivity index (χ0n) is 51.9. The summed E-state index contributed by atoms with van der Waals surface area (Å²) in [5.41, 5.74) is 25.3. The normalized spacial score (nSPS) is 20.1. The van der Waals surface area contributed by atoms with Crippen LogP contribution in [0.1, 0.15) is 208 Å². The van der Waals surface area contributed by atoms with Gasteiger partial charge >= 0.3 is 0 Å². The summed E-state index contributed by atoms with van der Waals surface area (Å²) >= 11 is 0. The van der Waals surface area contributed by atoms with Crippen molar-refractivity contribution in [3.05, 3.63) is 142 Å². The standard InChI is InChI=1S/C73H91BN2OSi/c1-66(2,3)45-24-29-62-50(36-45)63-65(77-62)75(47-25-28-51-52(39-47)69(9,10)31-30-68(51,7)8)60-37-46(67(4,5)6)38-61-64(60)74(63)57-41-54-56(73(17,18)35-33-71(54,13)14)43-59(57)76(61)58-42-55-53(70(11,12)32-34-72(55,15)16)40-49(58)44-22-26-48(27-23-44)78(19,20)21/h22-29,36-43H,30-35H2,1-21H3. The first-order valence-electron chi connectivity index (χ1n) is 30.0. The Morgan fingerprint density at radius 1 is 0.436 bits per heavy atom. The molecule has 1 aromatic heterocycles. The van der Waals surface area contributed by atoms with Crippen LogP contribution in [0.5, 0.6) is 0 Å². The number of fused-ring (bicyclic) bond motifs is 9. The second-order valence-electron chi connectivity index (χ2n) is 32.3. The molecule has 78 heavy (non-hydrogen) atoms. The predicted molar refractivity (Wildman–Crippen MR) is 342 cm³/mol. The number of hydrogen-bond donors (Lipinski definition) is 0. The SMILES string of the molecule is CC(C)(C)c1cc2c3c(c1)N(c1ccc4c(c1)C(C)(C)CCC4(C)C)c1oc4ccc(C(C)(C)C)cc4c1B3c1cc3c(cc1N2c1cc2c(cc1-c1ccc([Si](C)(C)C)cc1)C(C)(C)CCC2(C)C)C(C)(C)CCC3(C)C. The van der Waals surface area contributed by atoms with Crippen molar-refractivity contribution in [3.63, 3.8) is 0 Å². The molecule has 5 aliphatic rings. The molecule has 0 spiro atoms. The van der Waals surface area contributed by atoms with Gasteiger partial charge in [-0.05, 0) is 197 Å². The van der Waals surface area contributed by atoms with E-state index in [1.165, 1.54) is 117 Å². The smallest absolute Gasteiger partial charge is 0.257 e. The van der Waals surface area contributed by atoms with Crippen LogP contribution in [0.3, 0.4) is 0 Å². The fourth-order valence-corrected chi connectivity index (χ4v) is 16.0. The maximum atomic E-state index is 7.58. The molecule has 12 rings (SSSR count). The van der Waals surface area contributed by atoms with Crippen LogP contribution in [0.2, 0.25) is 19.6 Å². The van der Waals surface area contributed by atoms with Gasteiger partial charge in [-0.2, -0.15) is 0 Å². The lowest BCUT2D eigenvalue weighted by Gasteiger charge is -2.48. The Bertz CT molecular complexity index is 3650. The molecule has 0 atom stereocenters. The summed E-state index contributed by atoms with van der Waals surface area (Å²) in [5, 5.41) is 2.72. The van der Waals surface area contributed by atoms with Crippen LogP contribution in [-0.2, 0) is 43.3 Å². The molecule has 406 valence electrons. The number of hydrogen-bond acceptors (Lipinski definition) is 3. The van der Waals surface area contributed by atoms with Crippen molar-refractivity contribution < 1.29 is 4.42 Å². The summed E-state index contributed by atoms with van der Waals surface area (Å²) in [6, 6.07) is 40.4. The summed E-state index contributed by atoms with van der Waals surface area (Å²) < 4.78 is 7.58. The molecule has 3 nitrogen and oxygen atoms in total. The van der Waals surface area contributed by atoms with Crippen molar-refractivity contribution in [2.75, 3.05) is 9.80 Å². The summed E-state index contributed by atoms with van der Waals surface area (Å²) in [4.78, 5) is 5.39. The van der Waals surface area contributed by atoms with Gasteiger partial charge in [-0.15, -0.1) is 0 Å². The Morgan fingerprint density at radius 2 is 0.910 bits per heavy atom. The quantitative estimate of drug-likeness (QED) is 0.164. The van der Waals surface area contributed by atoms with E-state index < -0.39 is 8.07 Å². The van der Waals surface area contributed by atoms with E-state index in [0.717, 1.165) is 43.6 Å². The van der Waals surface area contributed by atoms with E-state index >= 15 is 0 Å². The Labute approximate surface area is 472 Å². The molecule has 3 heterocycles. The van der Waals surface area contributed by atoms with Gasteiger partial charge in [0.15, 0.2) is 0 Å². The van der Waals surface area contributed by atoms with Crippen molar-refractivity contribution in [1.82, 2.24) is 0 Å². The van der Waals surface area contributed by atoms with Crippen molar-refractivity contribution >= 4 is 81.7 Å². The molecule has 0 N–H and O–H groups in total. The number of rotatable bonds is 4. The van der Waals surface area contributed by atoms with Crippen LogP contribution < -0.4 is 31.4 Å². The van der Waals surface area contributed by atoms with Crippen LogP contribution in [0.25, 0.3) is 22.1 Å². The second-order valence-corrected chi connectivity index (χ2v) is 37.4. The van der Waals surface area contributed by atoms with E-state index in [0.29, 0.717) is 0 Å². The summed E-state index contributed by atoms with van der Waals surface area (Å²) in [6.45, 7) is 51.5. The second kappa shape index (κ2) is 16.7. The predicted octanol–water partition coefficient (Wildman–Crippen LogP) is 18.4. The fraction of sp³-hybridized carbons (Fsp3) is 0.479. The van der Waals surface area contributed by atoms with Gasteiger partial charge in [-0.1, -0.05) is 192 Å². The van der Waals surface area contributed by atoms with E-state index in [-0.39, 0.29) is 50.0 Å². The summed E-state index contributed by atoms with van der Waals surface area (Å²) in [5.74, 6) is 0.955. The Balaban J connectivity index is 1.27. The molecule has 0 saturated carbocycles. The third-order valence-electron chi connectivity index (χ3n) is 20.8. The van der Waals surface area contributed by atoms with Crippen LogP contribution in [0.15, 0.2) is 101 Å². The van der Waals surface area contributed by atoms with Gasteiger partial charge in [0.1, 0.15) is 5.58 Å². The van der Waals surface area contributed by atoms with Gasteiger partial charge in [-0.25, -0.2) is 0 Å². The van der Waals surface area contributed by atoms with E-state index in [1.54, 1.807) is 0 Å². The highest BCUT2D eigenvalue weighted by Gasteiger charge is 2.51. The van der Waals surface area contributed by atoms with E-state index in [9.17, 15) is 0 Å². The zero-order valence-corrected chi connectivity index (χ0v) is 52.9. The maximum Gasteiger partial charge on any atom is 0.257 e. The van der Waals surface area contributed by atoms with E-state index in [1.807, 2.05) is 0 Å². The van der Waals surface area contributed by atoms with Gasteiger partial charge < -0.3 is 9.32 Å². The Morgan fingerprint density at radius 3 is 1.44 bits per heavy atom. The lowest BCUT2D eigenvalue weighted by atomic mass is 9.33. The van der Waals surface area contributed by atoms with Crippen molar-refractivity contribution in [2.24, 2.45) is 0 Å². The molecular formula is C73H91BN2OSi. The lowest BCUT2D eigenvalue weighted by Crippen LogP contribution is -2.61. The summed E-state index contributed by atoms with van der Waals surface area (Å²) in [7, 11) is -1.58. The van der Waals surface area contributed by atoms with Gasteiger partial charge in [0, 0.05) is 39.2 Å². The highest BCUT2D eigenvalue weighted by atomic mass is 28.3. The van der Waals surface area contributed by atoms with Gasteiger partial charge in [0.2, 0.25) is 5.88 Å². The molecule has 2 aliphatic heterocycles. The number of anilines is 6. The molecule has 5 heteroatoms. The molecule has 7 aromatic rings. The highest BCUT2D eigenvalue weighted by Crippen LogP contribution is 2.56. The minimum Gasteiger partial charge on any atom is -0.440 e. The first-order valence-corrected chi connectivity index (χ1v) is 33.5. The van der Waals surface area contributed by atoms with Gasteiger partial charge in [0.05, 0.1) is 13.8 Å². The average molecular weight is 1050 g/mol. The van der Waals surface area contributed by atoms with Crippen molar-refractivity contribution in [1.29, 1.82) is 0 Å². The average Bonchev–Trinajstić information content (AvgIpc) is 3.93. The first-order chi connectivity index (χ1) is 36.0. The number of benzene rings is 6. The van der Waals surface area contributed by atoms with E-state index in [2.05, 4.69) is 251 Å². The van der Waals surface area contributed by atoms with Crippen molar-refractivity contribution in [3.8, 4) is 11.1 Å². The number of furan rings is 1. The van der Waals surface area contributed by atoms with Gasteiger partial charge in [0.25, 0.3) is 6.71 Å². The molecule has 0 unspecified atom stereocenters. The number of nitrogens with zero attached hydrogens (tertiary/aromatic N) is 2. The molecule has 0 saturated heterocycles. The Hall–Kier alpha value is -5.26. The molecular weight excluding hydrogens is 960 g/mol. The summed E-state index contributed by atoms with van der Waals surface area (Å²) in [6.07, 6.45) is 6.95. The minimum atomic E-state index is -1.58. The maximum absolute atomic E-state index is 7.58. The van der Waals surface area contributed by atoms with Crippen molar-refractivity contribution in [2.45, 2.75) is 226 Å². The largest absolute Gasteiger partial charge is 0.440 e. The third kappa shape index (κ3) is 8.13. The van der Waals surface area contributed by atoms with Gasteiger partial charge in [-0.3, -0.25) is 4.90 Å². The lowest BCUT2D eigenvalue weighted by molar-refractivity contribution is 0.332. The van der Waals surface area contributed by atoms with Crippen LogP contribution >= 0.6 is 0 Å². The molecule has 0 fully saturated rings. The Kier molecular flexibility index (Phi) is 11.4. The molecule has 0 amide bonds. The highest BCUT2D eigenvalue weighted by molar-refractivity contribution is 7.01. The fourth-order valence-electron chi connectivity index (χ4n) is 14.9. The first kappa shape index (κ1) is 53.4. The minimum absolute atomic E-state index is 0.000273. The molecule has 3 aliphatic carbocycles. The van der Waals surface area contributed by atoms with E-state index in [4.69, 9.17) is 4.42 Å².